The Kier molecular flexibility index (Phi) is 4.74. The van der Waals surface area contributed by atoms with E-state index in [4.69, 9.17) is 4.74 Å². The molecule has 5 heteroatoms. The van der Waals surface area contributed by atoms with Crippen molar-refractivity contribution in [1.29, 1.82) is 0 Å². The highest BCUT2D eigenvalue weighted by molar-refractivity contribution is 9.10. The van der Waals surface area contributed by atoms with Gasteiger partial charge in [0.15, 0.2) is 0 Å². The van der Waals surface area contributed by atoms with Crippen LogP contribution in [0.25, 0.3) is 0 Å². The molecular weight excluding hydrogens is 330 g/mol. The van der Waals surface area contributed by atoms with E-state index in [-0.39, 0.29) is 5.54 Å². The van der Waals surface area contributed by atoms with Gasteiger partial charge < -0.3 is 10.1 Å². The molecule has 0 saturated carbocycles. The molecule has 2 aromatic rings. The number of aryl methyl sites for hydroxylation is 2. The Morgan fingerprint density at radius 3 is 2.57 bits per heavy atom. The largest absolute Gasteiger partial charge is 0.438 e. The molecule has 1 aromatic carbocycles. The predicted molar refractivity (Wildman–Crippen MR) is 88.8 cm³/mol. The molecule has 0 amide bonds. The number of hydrogen-bond donors (Lipinski definition) is 1. The third-order valence-corrected chi connectivity index (χ3v) is 3.78. The lowest BCUT2D eigenvalue weighted by Gasteiger charge is -2.21. The highest BCUT2D eigenvalue weighted by Gasteiger charge is 2.18. The van der Waals surface area contributed by atoms with Crippen molar-refractivity contribution in [2.24, 2.45) is 7.05 Å². The molecule has 0 saturated heterocycles. The van der Waals surface area contributed by atoms with Crippen molar-refractivity contribution >= 4 is 15.9 Å². The minimum atomic E-state index is 0.0485. The Morgan fingerprint density at radius 1 is 1.29 bits per heavy atom. The van der Waals surface area contributed by atoms with E-state index in [0.717, 1.165) is 33.9 Å². The van der Waals surface area contributed by atoms with Crippen molar-refractivity contribution in [3.8, 4) is 11.6 Å². The van der Waals surface area contributed by atoms with Crippen LogP contribution in [0.5, 0.6) is 11.6 Å². The van der Waals surface area contributed by atoms with Crippen molar-refractivity contribution in [1.82, 2.24) is 15.1 Å². The Bertz CT molecular complexity index is 629. The van der Waals surface area contributed by atoms with E-state index >= 15 is 0 Å². The Labute approximate surface area is 134 Å². The van der Waals surface area contributed by atoms with Crippen molar-refractivity contribution < 1.29 is 4.74 Å². The van der Waals surface area contributed by atoms with Gasteiger partial charge in [-0.15, -0.1) is 0 Å². The smallest absolute Gasteiger partial charge is 0.222 e. The summed E-state index contributed by atoms with van der Waals surface area (Å²) in [4.78, 5) is 0. The third kappa shape index (κ3) is 4.08. The number of benzene rings is 1. The maximum Gasteiger partial charge on any atom is 0.222 e. The van der Waals surface area contributed by atoms with Crippen molar-refractivity contribution in [3.05, 3.63) is 40.0 Å². The van der Waals surface area contributed by atoms with E-state index in [1.54, 1.807) is 4.68 Å². The average Bonchev–Trinajstić information content (AvgIpc) is 2.63. The first-order valence-electron chi connectivity index (χ1n) is 6.98. The number of hydrogen-bond acceptors (Lipinski definition) is 3. The Balaban J connectivity index is 2.29. The SMILES string of the molecule is Cc1nn(C)c(Oc2ccccc2Br)c1CNC(C)(C)C. The van der Waals surface area contributed by atoms with E-state index in [9.17, 15) is 0 Å². The monoisotopic (exact) mass is 351 g/mol. The van der Waals surface area contributed by atoms with Crippen LogP contribution in [-0.4, -0.2) is 15.3 Å². The number of halogens is 1. The van der Waals surface area contributed by atoms with Crippen LogP contribution in [0.4, 0.5) is 0 Å². The molecule has 1 aromatic heterocycles. The van der Waals surface area contributed by atoms with Gasteiger partial charge in [0.25, 0.3) is 0 Å². The van der Waals surface area contributed by atoms with E-state index in [1.165, 1.54) is 0 Å². The van der Waals surface area contributed by atoms with Gasteiger partial charge in [0.2, 0.25) is 5.88 Å². The predicted octanol–water partition coefficient (Wildman–Crippen LogP) is 4.17. The summed E-state index contributed by atoms with van der Waals surface area (Å²) in [5.41, 5.74) is 2.12. The topological polar surface area (TPSA) is 39.1 Å². The summed E-state index contributed by atoms with van der Waals surface area (Å²) in [5, 5.41) is 7.96. The van der Waals surface area contributed by atoms with E-state index < -0.39 is 0 Å². The Morgan fingerprint density at radius 2 is 1.95 bits per heavy atom. The minimum Gasteiger partial charge on any atom is -0.438 e. The molecule has 1 N–H and O–H groups in total. The number of aromatic nitrogens is 2. The standard InChI is InChI=1S/C16H22BrN3O/c1-11-12(10-18-16(2,3)4)15(20(5)19-11)21-14-9-7-6-8-13(14)17/h6-9,18H,10H2,1-5H3. The lowest BCUT2D eigenvalue weighted by atomic mass is 10.1. The summed E-state index contributed by atoms with van der Waals surface area (Å²) in [6, 6.07) is 7.82. The highest BCUT2D eigenvalue weighted by atomic mass is 79.9. The zero-order valence-electron chi connectivity index (χ0n) is 13.2. The maximum absolute atomic E-state index is 6.07. The lowest BCUT2D eigenvalue weighted by molar-refractivity contribution is 0.400. The van der Waals surface area contributed by atoms with Crippen molar-refractivity contribution in [2.45, 2.75) is 39.8 Å². The van der Waals surface area contributed by atoms with Crippen LogP contribution in [0.1, 0.15) is 32.0 Å². The molecule has 114 valence electrons. The van der Waals surface area contributed by atoms with Crippen LogP contribution >= 0.6 is 15.9 Å². The molecule has 4 nitrogen and oxygen atoms in total. The van der Waals surface area contributed by atoms with Crippen LogP contribution in [0.3, 0.4) is 0 Å². The third-order valence-electron chi connectivity index (χ3n) is 3.13. The fourth-order valence-corrected chi connectivity index (χ4v) is 2.36. The molecule has 0 fully saturated rings. The first kappa shape index (κ1) is 16.0. The van der Waals surface area contributed by atoms with E-state index in [2.05, 4.69) is 47.1 Å². The molecule has 0 bridgehead atoms. The van der Waals surface area contributed by atoms with Gasteiger partial charge in [-0.25, -0.2) is 4.68 Å². The fraction of sp³-hybridized carbons (Fsp3) is 0.438. The average molecular weight is 352 g/mol. The molecule has 21 heavy (non-hydrogen) atoms. The first-order valence-corrected chi connectivity index (χ1v) is 7.77. The maximum atomic E-state index is 6.07. The molecule has 0 aliphatic carbocycles. The number of para-hydroxylation sites is 1. The van der Waals surface area contributed by atoms with E-state index in [1.807, 2.05) is 38.2 Å². The highest BCUT2D eigenvalue weighted by Crippen LogP contribution is 2.32. The van der Waals surface area contributed by atoms with Gasteiger partial charge in [0, 0.05) is 19.1 Å². The lowest BCUT2D eigenvalue weighted by Crippen LogP contribution is -2.35. The van der Waals surface area contributed by atoms with Gasteiger partial charge >= 0.3 is 0 Å². The summed E-state index contributed by atoms with van der Waals surface area (Å²) >= 11 is 3.51. The van der Waals surface area contributed by atoms with Crippen LogP contribution in [0, 0.1) is 6.92 Å². The minimum absolute atomic E-state index is 0.0485. The van der Waals surface area contributed by atoms with Crippen molar-refractivity contribution in [3.63, 3.8) is 0 Å². The summed E-state index contributed by atoms with van der Waals surface area (Å²) in [6.07, 6.45) is 0. The van der Waals surface area contributed by atoms with Gasteiger partial charge in [-0.3, -0.25) is 0 Å². The van der Waals surface area contributed by atoms with Crippen LogP contribution < -0.4 is 10.1 Å². The second-order valence-electron chi connectivity index (χ2n) is 6.13. The zero-order chi connectivity index (χ0) is 15.6. The normalized spacial score (nSPS) is 11.7. The van der Waals surface area contributed by atoms with Gasteiger partial charge in [0.05, 0.1) is 15.7 Å². The molecule has 0 aliphatic heterocycles. The molecule has 0 unspecified atom stereocenters. The summed E-state index contributed by atoms with van der Waals surface area (Å²) in [7, 11) is 1.90. The summed E-state index contributed by atoms with van der Waals surface area (Å²) in [5.74, 6) is 1.56. The number of nitrogens with one attached hydrogen (secondary N) is 1. The molecule has 0 aliphatic rings. The van der Waals surface area contributed by atoms with Gasteiger partial charge in [-0.2, -0.15) is 5.10 Å². The van der Waals surface area contributed by atoms with Gasteiger partial charge in [0.1, 0.15) is 5.75 Å². The number of nitrogens with zero attached hydrogens (tertiary/aromatic N) is 2. The van der Waals surface area contributed by atoms with Gasteiger partial charge in [-0.1, -0.05) is 12.1 Å². The zero-order valence-corrected chi connectivity index (χ0v) is 14.8. The molecule has 0 atom stereocenters. The fourth-order valence-electron chi connectivity index (χ4n) is 2.00. The summed E-state index contributed by atoms with van der Waals surface area (Å²) < 4.78 is 8.79. The molecule has 1 heterocycles. The Hall–Kier alpha value is -1.33. The number of ether oxygens (including phenoxy) is 1. The second kappa shape index (κ2) is 6.20. The molecule has 0 radical (unpaired) electrons. The second-order valence-corrected chi connectivity index (χ2v) is 6.98. The van der Waals surface area contributed by atoms with E-state index in [0.29, 0.717) is 0 Å². The molecular formula is C16H22BrN3O. The molecule has 2 rings (SSSR count). The van der Waals surface area contributed by atoms with Crippen LogP contribution in [0.15, 0.2) is 28.7 Å². The molecule has 0 spiro atoms. The number of rotatable bonds is 4. The van der Waals surface area contributed by atoms with Crippen LogP contribution in [0.2, 0.25) is 0 Å². The van der Waals surface area contributed by atoms with Crippen molar-refractivity contribution in [2.75, 3.05) is 0 Å². The first-order chi connectivity index (χ1) is 9.78. The van der Waals surface area contributed by atoms with Crippen LogP contribution in [-0.2, 0) is 13.6 Å². The summed E-state index contributed by atoms with van der Waals surface area (Å²) in [6.45, 7) is 9.17. The quantitative estimate of drug-likeness (QED) is 0.898. The van der Waals surface area contributed by atoms with Gasteiger partial charge in [-0.05, 0) is 55.8 Å².